The van der Waals surface area contributed by atoms with Gasteiger partial charge in [-0.15, -0.1) is 0 Å². The maximum atomic E-state index is 15.5. The lowest BCUT2D eigenvalue weighted by Crippen LogP contribution is -2.57. The number of hydrogen-bond acceptors (Lipinski definition) is 7. The molecule has 1 aromatic carbocycles. The summed E-state index contributed by atoms with van der Waals surface area (Å²) in [6, 6.07) is 1.85. The molecule has 0 N–H and O–H groups in total. The van der Waals surface area contributed by atoms with Crippen molar-refractivity contribution in [3.05, 3.63) is 21.4 Å². The summed E-state index contributed by atoms with van der Waals surface area (Å²) in [7, 11) is 0. The van der Waals surface area contributed by atoms with Crippen molar-refractivity contribution < 1.29 is 18.7 Å². The second-order valence-electron chi connectivity index (χ2n) is 12.1. The molecule has 0 unspecified atom stereocenters. The number of halogens is 3. The van der Waals surface area contributed by atoms with E-state index in [1.54, 1.807) is 6.07 Å². The Morgan fingerprint density at radius 2 is 1.84 bits per heavy atom. The van der Waals surface area contributed by atoms with Crippen LogP contribution >= 0.6 is 27.5 Å². The predicted molar refractivity (Wildman–Crippen MR) is 148 cm³/mol. The second kappa shape index (κ2) is 9.63. The number of anilines is 1. The van der Waals surface area contributed by atoms with Gasteiger partial charge in [0.15, 0.2) is 5.82 Å². The van der Waals surface area contributed by atoms with E-state index < -0.39 is 11.4 Å². The van der Waals surface area contributed by atoms with Crippen LogP contribution in [0.4, 0.5) is 15.0 Å². The molecule has 0 spiro atoms. The van der Waals surface area contributed by atoms with Gasteiger partial charge in [-0.1, -0.05) is 11.6 Å². The highest BCUT2D eigenvalue weighted by molar-refractivity contribution is 9.10. The standard InChI is InChI=1S/C27H34BrClFN5O3/c1-26(2,3)38-25(36)35-16-6-7-17(35)14-33(13-16)23-18-12-19(29)20(28)21(30)22(18)31-24(32-23)37-15-27-8-4-10-34(27)11-5-9-27/h12,16-17H,4-11,13-15H2,1-3H3/t16-,17+. The zero-order chi connectivity index (χ0) is 26.8. The molecular weight excluding hydrogens is 577 g/mol. The molecule has 5 heterocycles. The quantitative estimate of drug-likeness (QED) is 0.407. The summed E-state index contributed by atoms with van der Waals surface area (Å²) in [6.07, 6.45) is 6.00. The molecular formula is C27H34BrClFN5O3. The number of amides is 1. The topological polar surface area (TPSA) is 71.0 Å². The van der Waals surface area contributed by atoms with Gasteiger partial charge in [-0.3, -0.25) is 9.80 Å². The van der Waals surface area contributed by atoms with Gasteiger partial charge in [-0.2, -0.15) is 9.97 Å². The van der Waals surface area contributed by atoms with Crippen molar-refractivity contribution in [3.63, 3.8) is 0 Å². The number of fused-ring (bicyclic) bond motifs is 4. The summed E-state index contributed by atoms with van der Waals surface area (Å²) in [5.41, 5.74) is -0.358. The molecule has 8 nitrogen and oxygen atoms in total. The first kappa shape index (κ1) is 26.3. The van der Waals surface area contributed by atoms with Gasteiger partial charge in [0.25, 0.3) is 0 Å². The molecule has 1 amide bonds. The van der Waals surface area contributed by atoms with Gasteiger partial charge in [0.1, 0.15) is 23.5 Å². The van der Waals surface area contributed by atoms with Crippen molar-refractivity contribution >= 4 is 50.3 Å². The van der Waals surface area contributed by atoms with E-state index >= 15 is 4.39 Å². The molecule has 1 aromatic heterocycles. The summed E-state index contributed by atoms with van der Waals surface area (Å²) in [6.45, 7) is 9.45. The highest BCUT2D eigenvalue weighted by Crippen LogP contribution is 2.41. The third-order valence-electron chi connectivity index (χ3n) is 8.45. The fourth-order valence-electron chi connectivity index (χ4n) is 6.79. The van der Waals surface area contributed by atoms with Crippen molar-refractivity contribution in [3.8, 4) is 6.01 Å². The van der Waals surface area contributed by atoms with Crippen LogP contribution in [0.2, 0.25) is 5.02 Å². The van der Waals surface area contributed by atoms with Crippen LogP contribution in [0, 0.1) is 5.82 Å². The van der Waals surface area contributed by atoms with Crippen LogP contribution in [-0.4, -0.2) is 81.9 Å². The van der Waals surface area contributed by atoms with Gasteiger partial charge < -0.3 is 14.4 Å². The Labute approximate surface area is 235 Å². The van der Waals surface area contributed by atoms with Crippen molar-refractivity contribution in [2.45, 2.75) is 82.5 Å². The van der Waals surface area contributed by atoms with Gasteiger partial charge in [0.2, 0.25) is 0 Å². The second-order valence-corrected chi connectivity index (χ2v) is 13.3. The molecule has 2 atom stereocenters. The molecule has 4 aliphatic rings. The Hall–Kier alpha value is -1.91. The maximum absolute atomic E-state index is 15.5. The monoisotopic (exact) mass is 609 g/mol. The first-order valence-corrected chi connectivity index (χ1v) is 14.7. The Bertz CT molecular complexity index is 1250. The molecule has 6 rings (SSSR count). The molecule has 0 radical (unpaired) electrons. The Morgan fingerprint density at radius 3 is 2.47 bits per heavy atom. The number of carbonyl (C=O) groups is 1. The average Bonchev–Trinajstić information content (AvgIpc) is 3.51. The van der Waals surface area contributed by atoms with E-state index in [2.05, 4.69) is 30.7 Å². The third kappa shape index (κ3) is 4.60. The largest absolute Gasteiger partial charge is 0.461 e. The van der Waals surface area contributed by atoms with Crippen molar-refractivity contribution in [1.29, 1.82) is 0 Å². The van der Waals surface area contributed by atoms with E-state index in [1.165, 1.54) is 0 Å². The molecule has 2 aromatic rings. The van der Waals surface area contributed by atoms with Crippen LogP contribution < -0.4 is 9.64 Å². The lowest BCUT2D eigenvalue weighted by molar-refractivity contribution is 0.0122. The number of hydrogen-bond donors (Lipinski definition) is 0. The summed E-state index contributed by atoms with van der Waals surface area (Å²) in [5.74, 6) is 0.0594. The minimum atomic E-state index is -0.557. The number of nitrogens with zero attached hydrogens (tertiary/aromatic N) is 5. The maximum Gasteiger partial charge on any atom is 0.410 e. The number of piperazine rings is 1. The number of benzene rings is 1. The highest BCUT2D eigenvalue weighted by atomic mass is 79.9. The van der Waals surface area contributed by atoms with Crippen LogP contribution in [0.15, 0.2) is 10.5 Å². The van der Waals surface area contributed by atoms with E-state index in [4.69, 9.17) is 26.1 Å². The number of carbonyl (C=O) groups excluding carboxylic acids is 1. The summed E-state index contributed by atoms with van der Waals surface area (Å²) >= 11 is 9.64. The van der Waals surface area contributed by atoms with Crippen LogP contribution in [-0.2, 0) is 4.74 Å². The summed E-state index contributed by atoms with van der Waals surface area (Å²) in [5, 5.41) is 0.796. The zero-order valence-corrected chi connectivity index (χ0v) is 24.4. The molecule has 4 fully saturated rings. The van der Waals surface area contributed by atoms with Crippen LogP contribution in [0.3, 0.4) is 0 Å². The first-order valence-electron chi connectivity index (χ1n) is 13.5. The normalized spacial score (nSPS) is 24.8. The van der Waals surface area contributed by atoms with E-state index in [0.29, 0.717) is 30.9 Å². The molecule has 0 saturated carbocycles. The predicted octanol–water partition coefficient (Wildman–Crippen LogP) is 5.78. The average molecular weight is 611 g/mol. The van der Waals surface area contributed by atoms with Crippen molar-refractivity contribution in [2.75, 3.05) is 37.7 Å². The van der Waals surface area contributed by atoms with E-state index in [0.717, 1.165) is 51.6 Å². The summed E-state index contributed by atoms with van der Waals surface area (Å²) in [4.78, 5) is 28.8. The third-order valence-corrected chi connectivity index (χ3v) is 9.76. The van der Waals surface area contributed by atoms with Gasteiger partial charge in [-0.05, 0) is 94.4 Å². The first-order chi connectivity index (χ1) is 18.0. The molecule has 2 bridgehead atoms. The van der Waals surface area contributed by atoms with E-state index in [9.17, 15) is 4.79 Å². The fourth-order valence-corrected chi connectivity index (χ4v) is 7.29. The molecule has 206 valence electrons. The molecule has 38 heavy (non-hydrogen) atoms. The number of aromatic nitrogens is 2. The number of ether oxygens (including phenoxy) is 2. The van der Waals surface area contributed by atoms with E-state index in [1.807, 2.05) is 25.7 Å². The SMILES string of the molecule is CC(C)(C)OC(=O)N1[C@@H]2CC[C@H]1CN(c1nc(OCC34CCCN3CCC4)nc3c(F)c(Br)c(Cl)cc13)C2. The smallest absolute Gasteiger partial charge is 0.410 e. The number of rotatable bonds is 4. The van der Waals surface area contributed by atoms with E-state index in [-0.39, 0.29) is 44.7 Å². The zero-order valence-electron chi connectivity index (χ0n) is 22.1. The van der Waals surface area contributed by atoms with Gasteiger partial charge in [0.05, 0.1) is 27.1 Å². The van der Waals surface area contributed by atoms with Gasteiger partial charge in [-0.25, -0.2) is 9.18 Å². The van der Waals surface area contributed by atoms with Crippen LogP contribution in [0.5, 0.6) is 6.01 Å². The fraction of sp³-hybridized carbons (Fsp3) is 0.667. The minimum Gasteiger partial charge on any atom is -0.461 e. The molecule has 0 aliphatic carbocycles. The van der Waals surface area contributed by atoms with Crippen LogP contribution in [0.25, 0.3) is 10.9 Å². The minimum absolute atomic E-state index is 0.0156. The Morgan fingerprint density at radius 1 is 1.18 bits per heavy atom. The lowest BCUT2D eigenvalue weighted by Gasteiger charge is -2.42. The van der Waals surface area contributed by atoms with Crippen molar-refractivity contribution in [1.82, 2.24) is 19.8 Å². The molecule has 11 heteroatoms. The lowest BCUT2D eigenvalue weighted by atomic mass is 9.95. The molecule has 4 aliphatic heterocycles. The van der Waals surface area contributed by atoms with Crippen molar-refractivity contribution in [2.24, 2.45) is 0 Å². The van der Waals surface area contributed by atoms with Gasteiger partial charge in [0, 0.05) is 18.5 Å². The Kier molecular flexibility index (Phi) is 6.67. The summed E-state index contributed by atoms with van der Waals surface area (Å²) < 4.78 is 27.6. The Balaban J connectivity index is 1.32. The van der Waals surface area contributed by atoms with Gasteiger partial charge >= 0.3 is 12.1 Å². The van der Waals surface area contributed by atoms with Crippen LogP contribution in [0.1, 0.15) is 59.3 Å². The highest BCUT2D eigenvalue weighted by Gasteiger charge is 2.46. The molecule has 4 saturated heterocycles.